The van der Waals surface area contributed by atoms with Gasteiger partial charge in [0.15, 0.2) is 0 Å². The van der Waals surface area contributed by atoms with E-state index in [0.717, 1.165) is 49.1 Å². The van der Waals surface area contributed by atoms with Crippen LogP contribution >= 0.6 is 11.8 Å². The Morgan fingerprint density at radius 2 is 2.08 bits per heavy atom. The van der Waals surface area contributed by atoms with E-state index in [0.29, 0.717) is 5.25 Å². The van der Waals surface area contributed by atoms with Crippen LogP contribution in [0.1, 0.15) is 50.2 Å². The first-order chi connectivity index (χ1) is 12.6. The van der Waals surface area contributed by atoms with Crippen molar-refractivity contribution in [3.63, 3.8) is 0 Å². The van der Waals surface area contributed by atoms with Gasteiger partial charge >= 0.3 is 0 Å². The van der Waals surface area contributed by atoms with Gasteiger partial charge in [-0.25, -0.2) is 0 Å². The van der Waals surface area contributed by atoms with Crippen LogP contribution in [0.4, 0.5) is 0 Å². The first-order valence-corrected chi connectivity index (χ1v) is 10.5. The molecule has 3 unspecified atom stereocenters. The molecule has 1 saturated carbocycles. The van der Waals surface area contributed by atoms with Gasteiger partial charge in [-0.2, -0.15) is 0 Å². The molecule has 3 atom stereocenters. The minimum Gasteiger partial charge on any atom is -0.356 e. The summed E-state index contributed by atoms with van der Waals surface area (Å²) >= 11 is 1.68. The van der Waals surface area contributed by atoms with E-state index < -0.39 is 0 Å². The van der Waals surface area contributed by atoms with Gasteiger partial charge < -0.3 is 10.6 Å². The molecule has 2 N–H and O–H groups in total. The molecule has 4 nitrogen and oxygen atoms in total. The van der Waals surface area contributed by atoms with Crippen molar-refractivity contribution in [2.24, 2.45) is 5.92 Å². The number of fused-ring (bicyclic) bond motifs is 1. The molecule has 0 bridgehead atoms. The van der Waals surface area contributed by atoms with Crippen LogP contribution in [0.15, 0.2) is 29.2 Å². The minimum absolute atomic E-state index is 0.0103. The summed E-state index contributed by atoms with van der Waals surface area (Å²) in [6, 6.07) is 8.30. The summed E-state index contributed by atoms with van der Waals surface area (Å²) in [5.74, 6) is 0.164. The summed E-state index contributed by atoms with van der Waals surface area (Å²) in [4.78, 5) is 25.6. The molecule has 1 heterocycles. The van der Waals surface area contributed by atoms with Crippen LogP contribution < -0.4 is 10.6 Å². The molecule has 2 aliphatic rings. The normalized spacial score (nSPS) is 26.9. The fraction of sp³-hybridized carbons (Fsp3) is 0.524. The maximum atomic E-state index is 12.5. The smallest absolute Gasteiger partial charge is 0.257 e. The molecule has 0 radical (unpaired) electrons. The van der Waals surface area contributed by atoms with Crippen molar-refractivity contribution >= 4 is 29.7 Å². The highest BCUT2D eigenvalue weighted by atomic mass is 32.2. The standard InChI is InChI=1S/C21H28N2O2S/c1-3-4-11-22-20(24)16-9-10-18-17(13-16)23-21(25)19(26-18)12-15-7-5-14(2)6-8-15/h5-8,12,16-18H,3-4,9-11,13H2,1-2H3,(H,22,24)(H,23,25)/b19-12+. The summed E-state index contributed by atoms with van der Waals surface area (Å²) in [5, 5.41) is 6.55. The second-order valence-corrected chi connectivity index (χ2v) is 8.59. The molecule has 1 aliphatic carbocycles. The van der Waals surface area contributed by atoms with Gasteiger partial charge in [-0.05, 0) is 44.2 Å². The number of hydrogen-bond acceptors (Lipinski definition) is 3. The Morgan fingerprint density at radius 1 is 1.31 bits per heavy atom. The number of rotatable bonds is 5. The van der Waals surface area contributed by atoms with Crippen LogP contribution in [-0.4, -0.2) is 29.7 Å². The Bertz CT molecular complexity index is 684. The highest BCUT2D eigenvalue weighted by Gasteiger charge is 2.39. The number of carbonyl (C=O) groups excluding carboxylic acids is 2. The quantitative estimate of drug-likeness (QED) is 0.613. The predicted octanol–water partition coefficient (Wildman–Crippen LogP) is 3.65. The van der Waals surface area contributed by atoms with Crippen molar-refractivity contribution in [1.82, 2.24) is 10.6 Å². The largest absolute Gasteiger partial charge is 0.356 e. The van der Waals surface area contributed by atoms with Gasteiger partial charge in [0.05, 0.1) is 4.91 Å². The van der Waals surface area contributed by atoms with E-state index in [4.69, 9.17) is 0 Å². The lowest BCUT2D eigenvalue weighted by Crippen LogP contribution is -2.51. The topological polar surface area (TPSA) is 58.2 Å². The zero-order valence-electron chi connectivity index (χ0n) is 15.6. The Hall–Kier alpha value is -1.75. The maximum absolute atomic E-state index is 12.5. The summed E-state index contributed by atoms with van der Waals surface area (Å²) < 4.78 is 0. The highest BCUT2D eigenvalue weighted by Crippen LogP contribution is 2.39. The Labute approximate surface area is 160 Å². The van der Waals surface area contributed by atoms with Gasteiger partial charge in [0.2, 0.25) is 5.91 Å². The fourth-order valence-corrected chi connectivity index (χ4v) is 4.87. The van der Waals surface area contributed by atoms with Crippen LogP contribution in [0.5, 0.6) is 0 Å². The number of nitrogens with one attached hydrogen (secondary N) is 2. The molecule has 26 heavy (non-hydrogen) atoms. The second-order valence-electron chi connectivity index (χ2n) is 7.31. The molecule has 0 aromatic heterocycles. The zero-order chi connectivity index (χ0) is 18.5. The van der Waals surface area contributed by atoms with Gasteiger partial charge in [0, 0.05) is 23.8 Å². The molecular formula is C21H28N2O2S. The lowest BCUT2D eigenvalue weighted by molar-refractivity contribution is -0.127. The number of amides is 2. The SMILES string of the molecule is CCCCNC(=O)C1CCC2S/C(=C/c3ccc(C)cc3)C(=O)NC2C1. The van der Waals surface area contributed by atoms with Crippen molar-refractivity contribution in [3.8, 4) is 0 Å². The first-order valence-electron chi connectivity index (χ1n) is 9.60. The van der Waals surface area contributed by atoms with E-state index in [1.54, 1.807) is 11.8 Å². The van der Waals surface area contributed by atoms with Crippen LogP contribution in [0.2, 0.25) is 0 Å². The summed E-state index contributed by atoms with van der Waals surface area (Å²) in [6.07, 6.45) is 6.69. The van der Waals surface area contributed by atoms with Crippen LogP contribution in [0.3, 0.4) is 0 Å². The fourth-order valence-electron chi connectivity index (χ4n) is 3.58. The number of hydrogen-bond donors (Lipinski definition) is 2. The molecule has 0 spiro atoms. The van der Waals surface area contributed by atoms with Crippen LogP contribution in [0.25, 0.3) is 6.08 Å². The van der Waals surface area contributed by atoms with E-state index in [1.165, 1.54) is 5.56 Å². The van der Waals surface area contributed by atoms with E-state index >= 15 is 0 Å². The third kappa shape index (κ3) is 4.70. The summed E-state index contributed by atoms with van der Waals surface area (Å²) in [5.41, 5.74) is 2.26. The lowest BCUT2D eigenvalue weighted by atomic mass is 9.84. The van der Waals surface area contributed by atoms with Crippen molar-refractivity contribution in [3.05, 3.63) is 40.3 Å². The summed E-state index contributed by atoms with van der Waals surface area (Å²) in [6.45, 7) is 4.93. The Kier molecular flexibility index (Phi) is 6.41. The lowest BCUT2D eigenvalue weighted by Gasteiger charge is -2.39. The third-order valence-electron chi connectivity index (χ3n) is 5.18. The van der Waals surface area contributed by atoms with Crippen molar-refractivity contribution in [2.75, 3.05) is 6.54 Å². The monoisotopic (exact) mass is 372 g/mol. The molecular weight excluding hydrogens is 344 g/mol. The average molecular weight is 373 g/mol. The molecule has 140 valence electrons. The molecule has 1 aromatic carbocycles. The zero-order valence-corrected chi connectivity index (χ0v) is 16.4. The average Bonchev–Trinajstić information content (AvgIpc) is 2.64. The summed E-state index contributed by atoms with van der Waals surface area (Å²) in [7, 11) is 0. The van der Waals surface area contributed by atoms with Crippen molar-refractivity contribution in [2.45, 2.75) is 57.2 Å². The van der Waals surface area contributed by atoms with E-state index in [-0.39, 0.29) is 23.8 Å². The molecule has 5 heteroatoms. The van der Waals surface area contributed by atoms with Gasteiger partial charge in [0.25, 0.3) is 5.91 Å². The number of thioether (sulfide) groups is 1. The second kappa shape index (κ2) is 8.76. The molecule has 1 saturated heterocycles. The Balaban J connectivity index is 1.60. The molecule has 3 rings (SSSR count). The predicted molar refractivity (Wildman–Crippen MR) is 108 cm³/mol. The van der Waals surface area contributed by atoms with E-state index in [9.17, 15) is 9.59 Å². The van der Waals surface area contributed by atoms with Gasteiger partial charge in [-0.1, -0.05) is 43.2 Å². The van der Waals surface area contributed by atoms with Crippen LogP contribution in [0, 0.1) is 12.8 Å². The third-order valence-corrected chi connectivity index (χ3v) is 6.61. The van der Waals surface area contributed by atoms with Gasteiger partial charge in [-0.15, -0.1) is 11.8 Å². The maximum Gasteiger partial charge on any atom is 0.257 e. The molecule has 1 aliphatic heterocycles. The van der Waals surface area contributed by atoms with Gasteiger partial charge in [-0.3, -0.25) is 9.59 Å². The first kappa shape index (κ1) is 19.0. The van der Waals surface area contributed by atoms with Crippen LogP contribution in [-0.2, 0) is 9.59 Å². The number of benzene rings is 1. The minimum atomic E-state index is -0.0103. The number of aryl methyl sites for hydroxylation is 1. The highest BCUT2D eigenvalue weighted by molar-refractivity contribution is 8.04. The van der Waals surface area contributed by atoms with Crippen molar-refractivity contribution < 1.29 is 9.59 Å². The molecule has 2 fully saturated rings. The Morgan fingerprint density at radius 3 is 2.81 bits per heavy atom. The van der Waals surface area contributed by atoms with Crippen molar-refractivity contribution in [1.29, 1.82) is 0 Å². The van der Waals surface area contributed by atoms with Gasteiger partial charge in [0.1, 0.15) is 0 Å². The van der Waals surface area contributed by atoms with E-state index in [2.05, 4.69) is 36.6 Å². The van der Waals surface area contributed by atoms with E-state index in [1.807, 2.05) is 18.2 Å². The molecule has 1 aromatic rings. The number of carbonyl (C=O) groups is 2. The molecule has 2 amide bonds. The number of unbranched alkanes of at least 4 members (excludes halogenated alkanes) is 1.